The van der Waals surface area contributed by atoms with E-state index in [1.54, 1.807) is 0 Å². The van der Waals surface area contributed by atoms with Crippen molar-refractivity contribution in [3.63, 3.8) is 0 Å². The third kappa shape index (κ3) is 2.99. The number of carbonyl (C=O) groups is 1. The van der Waals surface area contributed by atoms with Crippen LogP contribution in [-0.4, -0.2) is 5.78 Å². The summed E-state index contributed by atoms with van der Waals surface area (Å²) in [6.07, 6.45) is 2.71. The Morgan fingerprint density at radius 1 is 1.54 bits per heavy atom. The Hall–Kier alpha value is -1.15. The quantitative estimate of drug-likeness (QED) is 0.668. The lowest BCUT2D eigenvalue weighted by atomic mass is 10.2. The molecule has 0 aliphatic heterocycles. The molecular weight excluding hydrogens is 191 g/mol. The van der Waals surface area contributed by atoms with Crippen molar-refractivity contribution in [2.24, 2.45) is 0 Å². The SMILES string of the molecule is CC(=O)/C=C/c1cc(Cl)ccc1F. The first-order chi connectivity index (χ1) is 6.09. The molecule has 0 amide bonds. The van der Waals surface area contributed by atoms with Crippen LogP contribution in [0.1, 0.15) is 12.5 Å². The highest BCUT2D eigenvalue weighted by Gasteiger charge is 1.98. The van der Waals surface area contributed by atoms with Gasteiger partial charge in [0, 0.05) is 10.6 Å². The van der Waals surface area contributed by atoms with Crippen molar-refractivity contribution in [3.05, 3.63) is 40.7 Å². The molecule has 0 saturated heterocycles. The van der Waals surface area contributed by atoms with Gasteiger partial charge in [-0.25, -0.2) is 4.39 Å². The van der Waals surface area contributed by atoms with E-state index < -0.39 is 0 Å². The maximum Gasteiger partial charge on any atom is 0.152 e. The Balaban J connectivity index is 3.00. The van der Waals surface area contributed by atoms with Crippen LogP contribution in [-0.2, 0) is 4.79 Å². The maximum absolute atomic E-state index is 13.0. The van der Waals surface area contributed by atoms with E-state index in [4.69, 9.17) is 11.6 Å². The number of hydrogen-bond acceptors (Lipinski definition) is 1. The summed E-state index contributed by atoms with van der Waals surface area (Å²) in [5.41, 5.74) is 0.322. The van der Waals surface area contributed by atoms with Crippen molar-refractivity contribution < 1.29 is 9.18 Å². The Morgan fingerprint density at radius 2 is 2.23 bits per heavy atom. The fourth-order valence-electron chi connectivity index (χ4n) is 0.849. The van der Waals surface area contributed by atoms with Crippen molar-refractivity contribution in [1.82, 2.24) is 0 Å². The lowest BCUT2D eigenvalue weighted by Gasteiger charge is -1.96. The summed E-state index contributed by atoms with van der Waals surface area (Å²) >= 11 is 5.65. The zero-order chi connectivity index (χ0) is 9.84. The van der Waals surface area contributed by atoms with Crippen LogP contribution < -0.4 is 0 Å². The first-order valence-corrected chi connectivity index (χ1v) is 4.11. The molecule has 0 aliphatic carbocycles. The van der Waals surface area contributed by atoms with E-state index in [2.05, 4.69) is 0 Å². The van der Waals surface area contributed by atoms with Crippen molar-refractivity contribution >= 4 is 23.5 Å². The number of halogens is 2. The fourth-order valence-corrected chi connectivity index (χ4v) is 1.03. The van der Waals surface area contributed by atoms with Crippen molar-refractivity contribution in [2.75, 3.05) is 0 Å². The molecule has 0 atom stereocenters. The minimum Gasteiger partial charge on any atom is -0.295 e. The van der Waals surface area contributed by atoms with E-state index in [1.807, 2.05) is 0 Å². The highest BCUT2D eigenvalue weighted by atomic mass is 35.5. The third-order valence-electron chi connectivity index (χ3n) is 1.46. The molecule has 0 spiro atoms. The minimum atomic E-state index is -0.387. The molecule has 1 aromatic carbocycles. The molecule has 0 aromatic heterocycles. The molecule has 3 heteroatoms. The highest BCUT2D eigenvalue weighted by molar-refractivity contribution is 6.30. The Morgan fingerprint density at radius 3 is 2.85 bits per heavy atom. The molecule has 1 rings (SSSR count). The van der Waals surface area contributed by atoms with Gasteiger partial charge in [-0.05, 0) is 37.3 Å². The zero-order valence-corrected chi connectivity index (χ0v) is 7.81. The van der Waals surface area contributed by atoms with E-state index in [-0.39, 0.29) is 11.6 Å². The molecule has 0 unspecified atom stereocenters. The van der Waals surface area contributed by atoms with Crippen LogP contribution in [0.3, 0.4) is 0 Å². The van der Waals surface area contributed by atoms with E-state index in [0.717, 1.165) is 0 Å². The summed E-state index contributed by atoms with van der Waals surface area (Å²) < 4.78 is 13.0. The summed E-state index contributed by atoms with van der Waals surface area (Å²) in [6, 6.07) is 4.19. The minimum absolute atomic E-state index is 0.126. The molecule has 0 heterocycles. The van der Waals surface area contributed by atoms with Crippen LogP contribution in [0.2, 0.25) is 5.02 Å². The predicted octanol–water partition coefficient (Wildman–Crippen LogP) is 3.08. The number of rotatable bonds is 2. The van der Waals surface area contributed by atoms with Gasteiger partial charge in [0.25, 0.3) is 0 Å². The topological polar surface area (TPSA) is 17.1 Å². The van der Waals surface area contributed by atoms with Gasteiger partial charge in [0.1, 0.15) is 5.82 Å². The van der Waals surface area contributed by atoms with Crippen LogP contribution in [0.5, 0.6) is 0 Å². The number of carbonyl (C=O) groups excluding carboxylic acids is 1. The number of ketones is 1. The van der Waals surface area contributed by atoms with Gasteiger partial charge in [0.2, 0.25) is 0 Å². The zero-order valence-electron chi connectivity index (χ0n) is 7.05. The lowest BCUT2D eigenvalue weighted by molar-refractivity contribution is -0.112. The van der Waals surface area contributed by atoms with Crippen LogP contribution >= 0.6 is 11.6 Å². The number of benzene rings is 1. The van der Waals surface area contributed by atoms with Gasteiger partial charge in [0.15, 0.2) is 5.78 Å². The van der Waals surface area contributed by atoms with Crippen LogP contribution in [0.15, 0.2) is 24.3 Å². The Kier molecular flexibility index (Phi) is 3.20. The highest BCUT2D eigenvalue weighted by Crippen LogP contribution is 2.15. The summed E-state index contributed by atoms with van der Waals surface area (Å²) in [7, 11) is 0. The monoisotopic (exact) mass is 198 g/mol. The van der Waals surface area contributed by atoms with Crippen molar-refractivity contribution in [1.29, 1.82) is 0 Å². The van der Waals surface area contributed by atoms with Gasteiger partial charge in [-0.3, -0.25) is 4.79 Å². The molecule has 1 nitrogen and oxygen atoms in total. The van der Waals surface area contributed by atoms with Gasteiger partial charge in [-0.2, -0.15) is 0 Å². The summed E-state index contributed by atoms with van der Waals surface area (Å²) in [5, 5.41) is 0.449. The molecule has 68 valence electrons. The molecule has 0 aliphatic rings. The molecule has 0 saturated carbocycles. The summed E-state index contributed by atoms with van der Waals surface area (Å²) in [6.45, 7) is 1.40. The molecule has 0 bridgehead atoms. The first kappa shape index (κ1) is 9.93. The average Bonchev–Trinajstić information content (AvgIpc) is 2.06. The predicted molar refractivity (Wildman–Crippen MR) is 51.1 cm³/mol. The Labute approximate surface area is 80.8 Å². The van der Waals surface area contributed by atoms with E-state index in [0.29, 0.717) is 10.6 Å². The van der Waals surface area contributed by atoms with Crippen molar-refractivity contribution in [2.45, 2.75) is 6.92 Å². The fraction of sp³-hybridized carbons (Fsp3) is 0.100. The van der Waals surface area contributed by atoms with Crippen LogP contribution in [0, 0.1) is 5.82 Å². The normalized spacial score (nSPS) is 10.7. The molecular formula is C10H8ClFO. The maximum atomic E-state index is 13.0. The molecule has 0 radical (unpaired) electrons. The van der Waals surface area contributed by atoms with E-state index >= 15 is 0 Å². The molecule has 13 heavy (non-hydrogen) atoms. The first-order valence-electron chi connectivity index (χ1n) is 3.73. The molecule has 0 fully saturated rings. The van der Waals surface area contributed by atoms with Crippen molar-refractivity contribution in [3.8, 4) is 0 Å². The van der Waals surface area contributed by atoms with Gasteiger partial charge in [-0.15, -0.1) is 0 Å². The Bertz CT molecular complexity index is 358. The van der Waals surface area contributed by atoms with Gasteiger partial charge in [0.05, 0.1) is 0 Å². The van der Waals surface area contributed by atoms with Gasteiger partial charge in [-0.1, -0.05) is 11.6 Å². The molecule has 0 N–H and O–H groups in total. The van der Waals surface area contributed by atoms with E-state index in [1.165, 1.54) is 37.3 Å². The number of hydrogen-bond donors (Lipinski definition) is 0. The second-order valence-electron chi connectivity index (χ2n) is 2.61. The second kappa shape index (κ2) is 4.19. The summed E-state index contributed by atoms with van der Waals surface area (Å²) in [5.74, 6) is -0.513. The lowest BCUT2D eigenvalue weighted by Crippen LogP contribution is -1.84. The standard InChI is InChI=1S/C10H8ClFO/c1-7(13)2-3-8-6-9(11)4-5-10(8)12/h2-6H,1H3/b3-2+. The second-order valence-corrected chi connectivity index (χ2v) is 3.05. The summed E-state index contributed by atoms with van der Waals surface area (Å²) in [4.78, 5) is 10.6. The number of allylic oxidation sites excluding steroid dienone is 1. The van der Waals surface area contributed by atoms with Gasteiger partial charge < -0.3 is 0 Å². The molecule has 1 aromatic rings. The van der Waals surface area contributed by atoms with Gasteiger partial charge >= 0.3 is 0 Å². The van der Waals surface area contributed by atoms with Crippen LogP contribution in [0.4, 0.5) is 4.39 Å². The largest absolute Gasteiger partial charge is 0.295 e. The third-order valence-corrected chi connectivity index (χ3v) is 1.69. The average molecular weight is 199 g/mol. The van der Waals surface area contributed by atoms with E-state index in [9.17, 15) is 9.18 Å². The van der Waals surface area contributed by atoms with Crippen LogP contribution in [0.25, 0.3) is 6.08 Å². The smallest absolute Gasteiger partial charge is 0.152 e.